The van der Waals surface area contributed by atoms with Crippen molar-refractivity contribution in [2.45, 2.75) is 13.3 Å². The first-order chi connectivity index (χ1) is 12.0. The highest BCUT2D eigenvalue weighted by Gasteiger charge is 2.23. The van der Waals surface area contributed by atoms with Gasteiger partial charge in [-0.25, -0.2) is 4.98 Å². The van der Waals surface area contributed by atoms with Crippen LogP contribution in [0.15, 0.2) is 30.5 Å². The number of hydrogen-bond donors (Lipinski definition) is 0. The van der Waals surface area contributed by atoms with Gasteiger partial charge in [-0.1, -0.05) is 23.5 Å². The van der Waals surface area contributed by atoms with Crippen molar-refractivity contribution in [3.8, 4) is 0 Å². The molecular weight excluding hydrogens is 370 g/mol. The van der Waals surface area contributed by atoms with Gasteiger partial charge in [0.05, 0.1) is 10.2 Å². The van der Waals surface area contributed by atoms with E-state index in [1.807, 2.05) is 33.2 Å². The topological polar surface area (TPSA) is 54.3 Å². The van der Waals surface area contributed by atoms with Crippen LogP contribution in [0.4, 0.5) is 5.13 Å². The smallest absolute Gasteiger partial charge is 0.278 e. The molecule has 26 heavy (non-hydrogen) atoms. The van der Waals surface area contributed by atoms with E-state index >= 15 is 0 Å². The lowest BCUT2D eigenvalue weighted by molar-refractivity contribution is 0.0977. The molecule has 0 aliphatic heterocycles. The van der Waals surface area contributed by atoms with Crippen LogP contribution in [0.5, 0.6) is 0 Å². The Kier molecular flexibility index (Phi) is 6.75. The number of halogens is 1. The molecule has 0 saturated carbocycles. The number of aryl methyl sites for hydroxylation is 2. The summed E-state index contributed by atoms with van der Waals surface area (Å²) in [6.45, 7) is 3.59. The molecule has 0 aliphatic carbocycles. The Bertz CT molecular complexity index is 889. The van der Waals surface area contributed by atoms with E-state index in [4.69, 9.17) is 4.98 Å². The van der Waals surface area contributed by atoms with E-state index in [0.717, 1.165) is 33.9 Å². The molecule has 140 valence electrons. The van der Waals surface area contributed by atoms with Crippen LogP contribution in [0, 0.1) is 6.92 Å². The van der Waals surface area contributed by atoms with Gasteiger partial charge in [0.2, 0.25) is 0 Å². The molecule has 0 spiro atoms. The zero-order valence-corrected chi connectivity index (χ0v) is 17.1. The minimum atomic E-state index is -0.0598. The number of benzene rings is 1. The van der Waals surface area contributed by atoms with Gasteiger partial charge in [0, 0.05) is 19.8 Å². The second-order valence-corrected chi connectivity index (χ2v) is 7.38. The summed E-state index contributed by atoms with van der Waals surface area (Å²) < 4.78 is 2.71. The summed E-state index contributed by atoms with van der Waals surface area (Å²) >= 11 is 1.56. The van der Waals surface area contributed by atoms with Gasteiger partial charge < -0.3 is 4.90 Å². The Morgan fingerprint density at radius 1 is 1.23 bits per heavy atom. The molecule has 8 heteroatoms. The average Bonchev–Trinajstić information content (AvgIpc) is 3.17. The Morgan fingerprint density at radius 2 is 2.00 bits per heavy atom. The van der Waals surface area contributed by atoms with E-state index in [0.29, 0.717) is 12.2 Å². The minimum absolute atomic E-state index is 0. The predicted molar refractivity (Wildman–Crippen MR) is 110 cm³/mol. The molecule has 2 heterocycles. The van der Waals surface area contributed by atoms with Crippen LogP contribution in [-0.2, 0) is 7.05 Å². The van der Waals surface area contributed by atoms with Gasteiger partial charge in [-0.05, 0) is 51.7 Å². The molecule has 3 rings (SSSR count). The zero-order valence-electron chi connectivity index (χ0n) is 15.5. The molecule has 0 fully saturated rings. The number of nitrogens with zero attached hydrogens (tertiary/aromatic N) is 5. The van der Waals surface area contributed by atoms with Crippen molar-refractivity contribution in [1.29, 1.82) is 0 Å². The summed E-state index contributed by atoms with van der Waals surface area (Å²) in [6.07, 6.45) is 2.53. The normalized spacial score (nSPS) is 11.0. The van der Waals surface area contributed by atoms with Crippen LogP contribution in [0.1, 0.15) is 22.5 Å². The number of thiazole rings is 1. The Morgan fingerprint density at radius 3 is 2.62 bits per heavy atom. The van der Waals surface area contributed by atoms with E-state index in [-0.39, 0.29) is 18.3 Å². The Hall–Kier alpha value is -1.96. The molecule has 6 nitrogen and oxygen atoms in total. The second-order valence-electron chi connectivity index (χ2n) is 6.37. The quantitative estimate of drug-likeness (QED) is 0.644. The van der Waals surface area contributed by atoms with E-state index in [9.17, 15) is 4.79 Å². The maximum atomic E-state index is 13.1. The number of rotatable bonds is 6. The van der Waals surface area contributed by atoms with Gasteiger partial charge >= 0.3 is 0 Å². The summed E-state index contributed by atoms with van der Waals surface area (Å²) in [4.78, 5) is 21.7. The molecule has 0 saturated heterocycles. The fraction of sp³-hybridized carbons (Fsp3) is 0.389. The minimum Gasteiger partial charge on any atom is -0.309 e. The molecule has 0 bridgehead atoms. The van der Waals surface area contributed by atoms with E-state index in [1.165, 1.54) is 0 Å². The number of aromatic nitrogens is 3. The van der Waals surface area contributed by atoms with Crippen LogP contribution in [0.3, 0.4) is 0 Å². The van der Waals surface area contributed by atoms with Crippen LogP contribution in [-0.4, -0.2) is 52.8 Å². The summed E-state index contributed by atoms with van der Waals surface area (Å²) in [5.74, 6) is -0.0598. The lowest BCUT2D eigenvalue weighted by atomic mass is 10.2. The summed E-state index contributed by atoms with van der Waals surface area (Å²) in [5, 5.41) is 4.87. The Labute approximate surface area is 163 Å². The molecule has 0 unspecified atom stereocenters. The summed E-state index contributed by atoms with van der Waals surface area (Å²) in [7, 11) is 5.86. The number of anilines is 1. The van der Waals surface area contributed by atoms with Gasteiger partial charge in [-0.3, -0.25) is 14.4 Å². The first-order valence-electron chi connectivity index (χ1n) is 8.28. The van der Waals surface area contributed by atoms with Crippen molar-refractivity contribution in [2.75, 3.05) is 32.1 Å². The van der Waals surface area contributed by atoms with Crippen LogP contribution < -0.4 is 4.90 Å². The van der Waals surface area contributed by atoms with Gasteiger partial charge in [-0.15, -0.1) is 12.4 Å². The average molecular weight is 394 g/mol. The molecule has 1 amide bonds. The van der Waals surface area contributed by atoms with Gasteiger partial charge in [0.1, 0.15) is 5.69 Å². The van der Waals surface area contributed by atoms with Crippen LogP contribution in [0.25, 0.3) is 10.2 Å². The number of hydrogen-bond acceptors (Lipinski definition) is 5. The van der Waals surface area contributed by atoms with Crippen LogP contribution in [0.2, 0.25) is 0 Å². The van der Waals surface area contributed by atoms with Gasteiger partial charge in [-0.2, -0.15) is 5.10 Å². The molecule has 0 radical (unpaired) electrons. The molecule has 0 atom stereocenters. The number of carbonyl (C=O) groups excluding carboxylic acids is 1. The molecule has 2 aromatic heterocycles. The van der Waals surface area contributed by atoms with Crippen molar-refractivity contribution < 1.29 is 4.79 Å². The maximum absolute atomic E-state index is 13.1. The van der Waals surface area contributed by atoms with Crippen molar-refractivity contribution in [3.63, 3.8) is 0 Å². The summed E-state index contributed by atoms with van der Waals surface area (Å²) in [6, 6.07) is 7.87. The number of para-hydroxylation sites is 1. The number of carbonyl (C=O) groups is 1. The molecular formula is C18H24ClN5OS. The third kappa shape index (κ3) is 4.23. The molecule has 0 aliphatic rings. The standard InChI is InChI=1S/C18H23N5OS.ClH/c1-13-7-5-8-15-16(13)20-18(25-15)23(12-6-11-21(2)3)17(24)14-9-10-19-22(14)4;/h5,7-10H,6,11-12H2,1-4H3;1H. The van der Waals surface area contributed by atoms with E-state index < -0.39 is 0 Å². The van der Waals surface area contributed by atoms with Gasteiger partial charge in [0.15, 0.2) is 5.13 Å². The molecule has 0 N–H and O–H groups in total. The van der Waals surface area contributed by atoms with E-state index in [1.54, 1.807) is 40.2 Å². The van der Waals surface area contributed by atoms with Crippen molar-refractivity contribution in [1.82, 2.24) is 19.7 Å². The summed E-state index contributed by atoms with van der Waals surface area (Å²) in [5.41, 5.74) is 2.67. The molecule has 3 aromatic rings. The van der Waals surface area contributed by atoms with Gasteiger partial charge in [0.25, 0.3) is 5.91 Å². The first kappa shape index (κ1) is 20.4. The third-order valence-electron chi connectivity index (χ3n) is 4.11. The number of fused-ring (bicyclic) bond motifs is 1. The Balaban J connectivity index is 0.00000243. The second kappa shape index (κ2) is 8.62. The highest BCUT2D eigenvalue weighted by molar-refractivity contribution is 7.22. The lowest BCUT2D eigenvalue weighted by Gasteiger charge is -2.21. The maximum Gasteiger partial charge on any atom is 0.278 e. The largest absolute Gasteiger partial charge is 0.309 e. The van der Waals surface area contributed by atoms with E-state index in [2.05, 4.69) is 16.1 Å². The highest BCUT2D eigenvalue weighted by atomic mass is 35.5. The van der Waals surface area contributed by atoms with Crippen molar-refractivity contribution >= 4 is 45.0 Å². The zero-order chi connectivity index (χ0) is 18.0. The van der Waals surface area contributed by atoms with Crippen molar-refractivity contribution in [2.24, 2.45) is 7.05 Å². The van der Waals surface area contributed by atoms with Crippen molar-refractivity contribution in [3.05, 3.63) is 41.7 Å². The first-order valence-corrected chi connectivity index (χ1v) is 9.10. The fourth-order valence-corrected chi connectivity index (χ4v) is 3.81. The predicted octanol–water partition coefficient (Wildman–Crippen LogP) is 3.36. The number of amides is 1. The lowest BCUT2D eigenvalue weighted by Crippen LogP contribution is -2.34. The monoisotopic (exact) mass is 393 g/mol. The fourth-order valence-electron chi connectivity index (χ4n) is 2.74. The van der Waals surface area contributed by atoms with Crippen LogP contribution >= 0.6 is 23.7 Å². The molecule has 1 aromatic carbocycles. The third-order valence-corrected chi connectivity index (χ3v) is 5.16. The SMILES string of the molecule is Cc1cccc2sc(N(CCCN(C)C)C(=O)c3ccnn3C)nc12.Cl. The highest BCUT2D eigenvalue weighted by Crippen LogP contribution is 2.31.